The number of carboxylic acids is 4. The molecule has 4 fully saturated rings. The standard InChI is InChI=1S/C17H31NO3.2C15H12F3NO2.C12H22O4.C11H22N2O.2C11H24N2.C8H8BF3O2.C7H6ClNO2/c1-6-13(2)14(12-15(19)21-17(3,4)5)16(20)18-10-8-7-9-11-18;2*1-8-3-4-12(15(16,17)18)11(5-8)13-7-10(14(20)21)6-9(2)19-13;1-6-8(2)9(11(14)15)7-10(13)16-12(3,4)5;1-3-9(2)10(12)11(14)13-7-5-4-6-8-13;2*1-3-10(2)11(12)9-13-7-5-4-6-8-13;1-5-2-3-6(8(10,11)12)7(4-5)9(13)14;1-4-2-5(7(10)11)3-6(8)9-4/h13-14H,6-12H2,1-5H3;2*3-7H,1-2H3,(H,20,21);8-9H,6-7H2,1-5H3,(H,14,15);9-10H,3-8,12H2,1-2H3;2*10-11H,3-9,12H2,1-2H3;2-4,13-14H,1H3;2-3H,1H3,(H,10,11)/t13?,14-;;;8?,9-;9?,10-;2*10?,11-;;/m0..0011../s1. The van der Waals surface area contributed by atoms with E-state index in [2.05, 4.69) is 73.2 Å². The van der Waals surface area contributed by atoms with Gasteiger partial charge in [-0.2, -0.15) is 39.5 Å². The number of nitrogens with zero attached hydrogens (tertiary/aromatic N) is 7. The van der Waals surface area contributed by atoms with Gasteiger partial charge in [-0.1, -0.05) is 173 Å². The molecule has 5 unspecified atom stereocenters. The van der Waals surface area contributed by atoms with Gasteiger partial charge in [0.1, 0.15) is 16.4 Å². The zero-order valence-electron chi connectivity index (χ0n) is 88.4. The van der Waals surface area contributed by atoms with Gasteiger partial charge in [0.05, 0.1) is 75.5 Å². The van der Waals surface area contributed by atoms with E-state index >= 15 is 0 Å². The lowest BCUT2D eigenvalue weighted by molar-refractivity contribution is -0.161. The van der Waals surface area contributed by atoms with Crippen LogP contribution >= 0.6 is 11.6 Å². The Labute approximate surface area is 851 Å². The van der Waals surface area contributed by atoms with Gasteiger partial charge in [0, 0.05) is 79.6 Å². The molecule has 808 valence electrons. The van der Waals surface area contributed by atoms with Crippen molar-refractivity contribution in [3.63, 3.8) is 0 Å². The van der Waals surface area contributed by atoms with Gasteiger partial charge in [-0.3, -0.25) is 33.9 Å². The number of carbonyl (C=O) groups excluding carboxylic acids is 4. The number of esters is 2. The van der Waals surface area contributed by atoms with Crippen molar-refractivity contribution in [1.29, 1.82) is 0 Å². The van der Waals surface area contributed by atoms with Crippen LogP contribution in [-0.2, 0) is 52.0 Å². The number of ether oxygens (including phenoxy) is 2. The molecule has 144 heavy (non-hydrogen) atoms. The Bertz CT molecular complexity index is 4780. The second-order valence-electron chi connectivity index (χ2n) is 40.0. The van der Waals surface area contributed by atoms with Crippen LogP contribution in [0.1, 0.15) is 314 Å². The van der Waals surface area contributed by atoms with Gasteiger partial charge < -0.3 is 76.7 Å². The normalized spacial score (nSPS) is 16.2. The molecule has 0 aliphatic carbocycles. The summed E-state index contributed by atoms with van der Waals surface area (Å²) in [6.45, 7) is 52.3. The van der Waals surface area contributed by atoms with Crippen molar-refractivity contribution in [2.24, 2.45) is 58.6 Å². The van der Waals surface area contributed by atoms with Gasteiger partial charge in [0.2, 0.25) is 11.8 Å². The average Bonchev–Trinajstić information content (AvgIpc) is 0.790. The van der Waals surface area contributed by atoms with Crippen LogP contribution in [-0.4, -0.2) is 215 Å². The first-order valence-corrected chi connectivity index (χ1v) is 50.4. The quantitative estimate of drug-likeness (QED) is 0.0100. The van der Waals surface area contributed by atoms with Gasteiger partial charge >= 0.3 is 61.5 Å². The number of carbonyl (C=O) groups is 8. The summed E-state index contributed by atoms with van der Waals surface area (Å²) in [6.07, 6.45) is 6.70. The number of pyridine rings is 3. The third-order valence-electron chi connectivity index (χ3n) is 25.2. The number of benzene rings is 3. The highest BCUT2D eigenvalue weighted by atomic mass is 35.5. The monoisotopic (exact) mass is 2060 g/mol. The average molecular weight is 2060 g/mol. The number of nitrogens with two attached hydrogens (primary N) is 3. The first-order valence-electron chi connectivity index (χ1n) is 50.0. The molecule has 37 heteroatoms. The van der Waals surface area contributed by atoms with Crippen molar-refractivity contribution in [2.45, 2.75) is 322 Å². The molecule has 10 rings (SSSR count). The summed E-state index contributed by atoms with van der Waals surface area (Å²) >= 11 is 5.52. The first kappa shape index (κ1) is 130. The van der Waals surface area contributed by atoms with E-state index in [1.54, 1.807) is 62.3 Å². The Balaban J connectivity index is 0.000000552. The van der Waals surface area contributed by atoms with Gasteiger partial charge in [-0.25, -0.2) is 19.4 Å². The predicted octanol–water partition coefficient (Wildman–Crippen LogP) is 21.5. The van der Waals surface area contributed by atoms with Gasteiger partial charge in [-0.15, -0.1) is 0 Å². The molecular formula is C107H161BClF9N10O16. The Hall–Kier alpha value is -9.69. The minimum atomic E-state index is -4.56. The van der Waals surface area contributed by atoms with E-state index in [0.29, 0.717) is 63.6 Å². The van der Waals surface area contributed by atoms with Crippen LogP contribution in [0.2, 0.25) is 5.15 Å². The fraction of sp³-hybridized carbons (Fsp3) is 0.617. The van der Waals surface area contributed by atoms with Crippen molar-refractivity contribution in [3.8, 4) is 22.5 Å². The minimum Gasteiger partial charge on any atom is -0.481 e. The number of alkyl halides is 9. The molecule has 0 saturated carbocycles. The number of aryl methyl sites for hydroxylation is 6. The molecule has 7 heterocycles. The van der Waals surface area contributed by atoms with E-state index < -0.39 is 94.8 Å². The maximum atomic E-state index is 13.1. The summed E-state index contributed by atoms with van der Waals surface area (Å²) in [6, 6.07) is 18.8. The molecule has 0 bridgehead atoms. The molecule has 4 aliphatic heterocycles. The summed E-state index contributed by atoms with van der Waals surface area (Å²) in [5.74, 6) is -3.84. The van der Waals surface area contributed by atoms with E-state index in [0.717, 1.165) is 121 Å². The number of carboxylic acid groups (broad SMARTS) is 4. The minimum absolute atomic E-state index is 0.00317. The fourth-order valence-corrected chi connectivity index (χ4v) is 16.0. The van der Waals surface area contributed by atoms with Crippen molar-refractivity contribution < 1.29 is 118 Å². The highest BCUT2D eigenvalue weighted by molar-refractivity contribution is 6.59. The zero-order valence-corrected chi connectivity index (χ0v) is 89.2. The molecule has 10 atom stereocenters. The molecule has 12 N–H and O–H groups in total. The van der Waals surface area contributed by atoms with E-state index in [-0.39, 0.29) is 98.8 Å². The van der Waals surface area contributed by atoms with E-state index in [1.807, 2.05) is 51.3 Å². The van der Waals surface area contributed by atoms with E-state index in [1.165, 1.54) is 145 Å². The third kappa shape index (κ3) is 49.2. The number of aromatic carboxylic acids is 3. The Morgan fingerprint density at radius 2 is 0.694 bits per heavy atom. The summed E-state index contributed by atoms with van der Waals surface area (Å²) in [5, 5.41) is 53.3. The molecule has 2 amide bonds. The summed E-state index contributed by atoms with van der Waals surface area (Å²) in [7, 11) is -2.11. The molecule has 0 spiro atoms. The summed E-state index contributed by atoms with van der Waals surface area (Å²) in [4.78, 5) is 113. The van der Waals surface area contributed by atoms with Crippen LogP contribution in [0, 0.1) is 83.0 Å². The van der Waals surface area contributed by atoms with Crippen LogP contribution in [0.25, 0.3) is 22.5 Å². The molecule has 6 aromatic rings. The second kappa shape index (κ2) is 63.1. The Morgan fingerprint density at radius 3 is 1.00 bits per heavy atom. The maximum Gasteiger partial charge on any atom is 0.489 e. The molecular weight excluding hydrogens is 1900 g/mol. The van der Waals surface area contributed by atoms with Gasteiger partial charge in [0.15, 0.2) is 0 Å². The van der Waals surface area contributed by atoms with E-state index in [4.69, 9.17) is 68.7 Å². The van der Waals surface area contributed by atoms with Crippen LogP contribution in [0.5, 0.6) is 0 Å². The third-order valence-corrected chi connectivity index (χ3v) is 25.4. The number of halogens is 10. The van der Waals surface area contributed by atoms with Crippen molar-refractivity contribution in [3.05, 3.63) is 163 Å². The molecule has 0 radical (unpaired) electrons. The number of aromatic nitrogens is 3. The number of amides is 2. The number of aliphatic carboxylic acids is 1. The lowest BCUT2D eigenvalue weighted by Gasteiger charge is -2.32. The van der Waals surface area contributed by atoms with Crippen LogP contribution in [0.3, 0.4) is 0 Å². The second-order valence-corrected chi connectivity index (χ2v) is 40.4. The number of piperidine rings is 4. The number of likely N-dealkylation sites (tertiary alicyclic amines) is 4. The zero-order chi connectivity index (χ0) is 110. The number of hydrogen-bond donors (Lipinski definition) is 9. The van der Waals surface area contributed by atoms with Crippen LogP contribution in [0.15, 0.2) is 91.0 Å². The van der Waals surface area contributed by atoms with Crippen LogP contribution in [0.4, 0.5) is 39.5 Å². The predicted molar refractivity (Wildman–Crippen MR) is 547 cm³/mol. The topological polar surface area (TPSA) is 406 Å². The highest BCUT2D eigenvalue weighted by Gasteiger charge is 2.40. The Morgan fingerprint density at radius 1 is 0.396 bits per heavy atom. The first-order chi connectivity index (χ1) is 66.8. The van der Waals surface area contributed by atoms with Crippen molar-refractivity contribution in [2.75, 3.05) is 65.4 Å². The van der Waals surface area contributed by atoms with Gasteiger partial charge in [-0.05, 0) is 269 Å². The van der Waals surface area contributed by atoms with Crippen LogP contribution < -0.4 is 22.7 Å². The van der Waals surface area contributed by atoms with Crippen molar-refractivity contribution >= 4 is 71.8 Å². The molecule has 3 aromatic heterocycles. The molecule has 3 aromatic carbocycles. The molecule has 4 aliphatic rings. The lowest BCUT2D eigenvalue weighted by Crippen LogP contribution is -2.48. The Kier molecular flexibility index (Phi) is 57.1. The lowest BCUT2D eigenvalue weighted by atomic mass is 9.76. The number of hydrogen-bond acceptors (Lipinski definition) is 20. The highest BCUT2D eigenvalue weighted by Crippen LogP contribution is 2.40. The largest absolute Gasteiger partial charge is 0.489 e. The molecule has 26 nitrogen and oxygen atoms in total. The van der Waals surface area contributed by atoms with Crippen molar-refractivity contribution in [1.82, 2.24) is 34.6 Å². The summed E-state index contributed by atoms with van der Waals surface area (Å²) < 4.78 is 126. The fourth-order valence-electron chi connectivity index (χ4n) is 15.8. The summed E-state index contributed by atoms with van der Waals surface area (Å²) in [5.41, 5.74) is 16.8. The van der Waals surface area contributed by atoms with Gasteiger partial charge in [0.25, 0.3) is 0 Å². The molecule has 4 saturated heterocycles. The smallest absolute Gasteiger partial charge is 0.481 e. The van der Waals surface area contributed by atoms with E-state index in [9.17, 15) is 77.9 Å². The maximum absolute atomic E-state index is 13.1. The SMILES string of the molecule is CCC(C)[C@H](CC(=O)OC(C)(C)C)C(=O)N1CCCCC1.CCC(C)[C@H](CC(=O)OC(C)(C)C)C(=O)O.CCC(C)[C@H](N)C(=O)N1CCCCC1.CCC(C)[C@H](N)CN1CCCCC1.CCC(C)[C@H](N)CN1CCCCC1.Cc1cc(C(=O)O)cc(Cl)n1.Cc1ccc(C(F)(F)F)c(-c2cc(C(=O)O)cc(C)n2)c1.Cc1ccc(C(F)(F)F)c(-c2cc(C(=O)O)cc(C)n2)c1.Cc1ccc(C(F)(F)F)c(B(O)O)c1. The number of rotatable bonds is 27.